The van der Waals surface area contributed by atoms with Crippen LogP contribution in [-0.2, 0) is 16.0 Å². The third kappa shape index (κ3) is 7.29. The van der Waals surface area contributed by atoms with Gasteiger partial charge in [-0.15, -0.1) is 0 Å². The summed E-state index contributed by atoms with van der Waals surface area (Å²) in [5.41, 5.74) is 3.67. The minimum atomic E-state index is -0.325. The average Bonchev–Trinajstić information content (AvgIpc) is 3.82. The van der Waals surface area contributed by atoms with Gasteiger partial charge in [0.25, 0.3) is 5.91 Å². The number of piperidine rings is 1. The Balaban J connectivity index is 1.19. The number of rotatable bonds is 13. The first-order valence-electron chi connectivity index (χ1n) is 15.1. The fourth-order valence-electron chi connectivity index (χ4n) is 5.95. The number of hydrogen-bond donors (Lipinski definition) is 3. The Bertz CT molecular complexity index is 1300. The van der Waals surface area contributed by atoms with E-state index in [0.29, 0.717) is 49.9 Å². The van der Waals surface area contributed by atoms with Crippen LogP contribution in [0.3, 0.4) is 0 Å². The highest BCUT2D eigenvalue weighted by atomic mass is 16.5. The molecule has 1 spiro atoms. The molecular weight excluding hydrogens is 552 g/mol. The summed E-state index contributed by atoms with van der Waals surface area (Å²) in [5, 5.41) is 14.8. The van der Waals surface area contributed by atoms with E-state index >= 15 is 0 Å². The first-order valence-corrected chi connectivity index (χ1v) is 15.1. The lowest BCUT2D eigenvalue weighted by Crippen LogP contribution is -2.52. The second-order valence-electron chi connectivity index (χ2n) is 11.5. The number of methoxy groups -OCH3 is 1. The Kier molecular flexibility index (Phi) is 9.84. The molecule has 11 heteroatoms. The molecule has 3 fully saturated rings. The molecule has 232 valence electrons. The van der Waals surface area contributed by atoms with Crippen LogP contribution in [0.5, 0.6) is 5.75 Å². The van der Waals surface area contributed by atoms with Gasteiger partial charge in [0.1, 0.15) is 5.75 Å². The Morgan fingerprint density at radius 2 is 1.86 bits per heavy atom. The van der Waals surface area contributed by atoms with Crippen LogP contribution < -0.4 is 20.3 Å². The van der Waals surface area contributed by atoms with Gasteiger partial charge < -0.3 is 30.0 Å². The van der Waals surface area contributed by atoms with E-state index in [2.05, 4.69) is 21.6 Å². The van der Waals surface area contributed by atoms with Gasteiger partial charge in [-0.2, -0.15) is 0 Å². The average molecular weight is 595 g/mol. The zero-order chi connectivity index (χ0) is 30.4. The van der Waals surface area contributed by atoms with Gasteiger partial charge in [0, 0.05) is 43.0 Å². The van der Waals surface area contributed by atoms with Crippen molar-refractivity contribution in [2.24, 2.45) is 0 Å². The number of amides is 3. The molecule has 2 heterocycles. The molecule has 0 atom stereocenters. The van der Waals surface area contributed by atoms with Crippen molar-refractivity contribution in [3.8, 4) is 5.75 Å². The number of aliphatic hydroxyl groups is 1. The van der Waals surface area contributed by atoms with E-state index in [0.717, 1.165) is 61.3 Å². The molecule has 0 unspecified atom stereocenters. The molecule has 5 rings (SSSR count). The van der Waals surface area contributed by atoms with Gasteiger partial charge in [0.15, 0.2) is 0 Å². The van der Waals surface area contributed by atoms with Crippen LogP contribution in [0, 0.1) is 0 Å². The monoisotopic (exact) mass is 594 g/mol. The van der Waals surface area contributed by atoms with Crippen LogP contribution in [-0.4, -0.2) is 93.2 Å². The molecule has 2 aliphatic heterocycles. The molecule has 43 heavy (non-hydrogen) atoms. The molecule has 3 N–H and O–H groups in total. The van der Waals surface area contributed by atoms with Crippen LogP contribution in [0.15, 0.2) is 36.4 Å². The SMILES string of the molecule is CCOc1cc(C(=O)OC)c(C2CC2)cc1CN1CCC2(CC1)CN(c1ccc(C(=O)NCCOCCO)cc1)C(=O)N2. The Morgan fingerprint density at radius 3 is 2.51 bits per heavy atom. The molecule has 3 aliphatic rings. The van der Waals surface area contributed by atoms with Crippen LogP contribution in [0.25, 0.3) is 0 Å². The predicted molar refractivity (Wildman–Crippen MR) is 161 cm³/mol. The van der Waals surface area contributed by atoms with Gasteiger partial charge in [-0.05, 0) is 80.5 Å². The molecule has 1 saturated carbocycles. The van der Waals surface area contributed by atoms with Crippen molar-refractivity contribution >= 4 is 23.6 Å². The summed E-state index contributed by atoms with van der Waals surface area (Å²) in [6.45, 7) is 6.23. The van der Waals surface area contributed by atoms with E-state index in [9.17, 15) is 14.4 Å². The predicted octanol–water partition coefficient (Wildman–Crippen LogP) is 3.05. The van der Waals surface area contributed by atoms with Crippen LogP contribution in [0.2, 0.25) is 0 Å². The molecule has 0 aromatic heterocycles. The minimum Gasteiger partial charge on any atom is -0.494 e. The highest BCUT2D eigenvalue weighted by Gasteiger charge is 2.45. The van der Waals surface area contributed by atoms with Crippen LogP contribution in [0.4, 0.5) is 10.5 Å². The van der Waals surface area contributed by atoms with Gasteiger partial charge >= 0.3 is 12.0 Å². The maximum absolute atomic E-state index is 13.0. The lowest BCUT2D eigenvalue weighted by Gasteiger charge is -2.39. The van der Waals surface area contributed by atoms with E-state index < -0.39 is 0 Å². The first-order chi connectivity index (χ1) is 20.9. The second-order valence-corrected chi connectivity index (χ2v) is 11.5. The molecule has 3 amide bonds. The Labute approximate surface area is 252 Å². The van der Waals surface area contributed by atoms with Crippen LogP contribution in [0.1, 0.15) is 70.4 Å². The number of esters is 1. The molecule has 2 aromatic carbocycles. The molecule has 0 bridgehead atoms. The molecule has 1 aliphatic carbocycles. The number of anilines is 1. The lowest BCUT2D eigenvalue weighted by atomic mass is 9.88. The summed E-state index contributed by atoms with van der Waals surface area (Å²) in [6.07, 6.45) is 3.79. The fraction of sp³-hybridized carbons (Fsp3) is 0.531. The van der Waals surface area contributed by atoms with E-state index in [1.54, 1.807) is 29.2 Å². The van der Waals surface area contributed by atoms with E-state index in [-0.39, 0.29) is 36.7 Å². The quantitative estimate of drug-likeness (QED) is 0.238. The van der Waals surface area contributed by atoms with Crippen molar-refractivity contribution < 1.29 is 33.7 Å². The third-order valence-corrected chi connectivity index (χ3v) is 8.45. The number of ether oxygens (including phenoxy) is 3. The van der Waals surface area contributed by atoms with Gasteiger partial charge in [-0.1, -0.05) is 0 Å². The summed E-state index contributed by atoms with van der Waals surface area (Å²) in [7, 11) is 1.41. The topological polar surface area (TPSA) is 130 Å². The largest absolute Gasteiger partial charge is 0.494 e. The minimum absolute atomic E-state index is 0.0520. The maximum atomic E-state index is 13.0. The number of aliphatic hydroxyl groups excluding tert-OH is 1. The smallest absolute Gasteiger partial charge is 0.338 e. The molecule has 11 nitrogen and oxygen atoms in total. The van der Waals surface area contributed by atoms with Gasteiger partial charge in [-0.25, -0.2) is 9.59 Å². The van der Waals surface area contributed by atoms with Gasteiger partial charge in [0.05, 0.1) is 51.2 Å². The van der Waals surface area contributed by atoms with Crippen molar-refractivity contribution in [1.82, 2.24) is 15.5 Å². The lowest BCUT2D eigenvalue weighted by molar-refractivity contribution is 0.0598. The summed E-state index contributed by atoms with van der Waals surface area (Å²) >= 11 is 0. The first kappa shape index (κ1) is 30.8. The number of nitrogens with one attached hydrogen (secondary N) is 2. The summed E-state index contributed by atoms with van der Waals surface area (Å²) in [5.74, 6) is 0.577. The van der Waals surface area contributed by atoms with Crippen molar-refractivity contribution in [2.45, 2.75) is 50.6 Å². The van der Waals surface area contributed by atoms with Crippen molar-refractivity contribution in [1.29, 1.82) is 0 Å². The van der Waals surface area contributed by atoms with E-state index in [4.69, 9.17) is 19.3 Å². The van der Waals surface area contributed by atoms with Gasteiger partial charge in [-0.3, -0.25) is 14.6 Å². The van der Waals surface area contributed by atoms with Crippen molar-refractivity contribution in [3.05, 3.63) is 58.7 Å². The zero-order valence-electron chi connectivity index (χ0n) is 25.0. The fourth-order valence-corrected chi connectivity index (χ4v) is 5.95. The van der Waals surface area contributed by atoms with E-state index in [1.165, 1.54) is 7.11 Å². The summed E-state index contributed by atoms with van der Waals surface area (Å²) < 4.78 is 16.2. The normalized spacial score (nSPS) is 18.0. The molecule has 0 radical (unpaired) electrons. The molecular formula is C32H42N4O7. The van der Waals surface area contributed by atoms with Crippen molar-refractivity contribution in [2.75, 3.05) is 64.6 Å². The number of carbonyl (C=O) groups excluding carboxylic acids is 3. The standard InChI is InChI=1S/C32H42N4O7/c1-3-43-28-19-27(30(39)41-2)26(22-4-5-22)18-24(28)20-35-13-10-32(11-14-35)21-36(31(40)34-32)25-8-6-23(7-9-25)29(38)33-12-16-42-17-15-37/h6-9,18-19,22,37H,3-5,10-17,20-21H2,1-2H3,(H,33,38)(H,34,40). The van der Waals surface area contributed by atoms with Crippen molar-refractivity contribution in [3.63, 3.8) is 0 Å². The Morgan fingerprint density at radius 1 is 1.12 bits per heavy atom. The number of likely N-dealkylation sites (tertiary alicyclic amines) is 1. The number of benzene rings is 2. The summed E-state index contributed by atoms with van der Waals surface area (Å²) in [6, 6.07) is 10.9. The number of urea groups is 1. The van der Waals surface area contributed by atoms with Crippen LogP contribution >= 0.6 is 0 Å². The highest BCUT2D eigenvalue weighted by Crippen LogP contribution is 2.44. The Hall–Kier alpha value is -3.67. The molecule has 2 aromatic rings. The number of carbonyl (C=O) groups is 3. The van der Waals surface area contributed by atoms with Gasteiger partial charge in [0.2, 0.25) is 0 Å². The summed E-state index contributed by atoms with van der Waals surface area (Å²) in [4.78, 5) is 42.1. The highest BCUT2D eigenvalue weighted by molar-refractivity contribution is 5.97. The zero-order valence-corrected chi connectivity index (χ0v) is 25.0. The number of nitrogens with zero attached hydrogens (tertiary/aromatic N) is 2. The van der Waals surface area contributed by atoms with E-state index in [1.807, 2.05) is 13.0 Å². The number of hydrogen-bond acceptors (Lipinski definition) is 8. The molecule has 2 saturated heterocycles. The second kappa shape index (κ2) is 13.7. The third-order valence-electron chi connectivity index (χ3n) is 8.45. The maximum Gasteiger partial charge on any atom is 0.338 e.